The summed E-state index contributed by atoms with van der Waals surface area (Å²) in [6.45, 7) is 2.47. The maximum atomic E-state index is 12.4. The molecule has 1 aliphatic heterocycles. The predicted molar refractivity (Wildman–Crippen MR) is 72.6 cm³/mol. The van der Waals surface area contributed by atoms with Crippen molar-refractivity contribution in [3.05, 3.63) is 29.3 Å². The van der Waals surface area contributed by atoms with E-state index in [-0.39, 0.29) is 25.5 Å². The first-order chi connectivity index (χ1) is 9.46. The van der Waals surface area contributed by atoms with E-state index in [1.54, 1.807) is 12.1 Å². The molecule has 6 nitrogen and oxygen atoms in total. The van der Waals surface area contributed by atoms with E-state index in [1.807, 2.05) is 13.0 Å². The highest BCUT2D eigenvalue weighted by Crippen LogP contribution is 2.24. The Morgan fingerprint density at radius 3 is 2.65 bits per heavy atom. The number of nitrogens with one attached hydrogen (secondary N) is 1. The van der Waals surface area contributed by atoms with Gasteiger partial charge in [0, 0.05) is 0 Å². The number of carbonyl (C=O) groups is 2. The number of aryl methyl sites for hydroxylation is 1. The fourth-order valence-electron chi connectivity index (χ4n) is 2.21. The molecule has 1 saturated heterocycles. The molecule has 1 heterocycles. The van der Waals surface area contributed by atoms with E-state index in [0.717, 1.165) is 5.56 Å². The monoisotopic (exact) mass is 278 g/mol. The fraction of sp³-hybridized carbons (Fsp3) is 0.429. The molecule has 3 N–H and O–H groups in total. The Kier molecular flexibility index (Phi) is 3.94. The highest BCUT2D eigenvalue weighted by molar-refractivity contribution is 5.98. The van der Waals surface area contributed by atoms with Crippen molar-refractivity contribution < 1.29 is 19.1 Å². The van der Waals surface area contributed by atoms with E-state index in [9.17, 15) is 9.59 Å². The van der Waals surface area contributed by atoms with Gasteiger partial charge in [-0.1, -0.05) is 11.6 Å². The van der Waals surface area contributed by atoms with E-state index in [0.29, 0.717) is 11.3 Å². The number of nitrogens with two attached hydrogens (primary N) is 1. The van der Waals surface area contributed by atoms with Gasteiger partial charge in [0.25, 0.3) is 5.91 Å². The molecule has 0 bridgehead atoms. The molecular weight excluding hydrogens is 260 g/mol. The lowest BCUT2D eigenvalue weighted by atomic mass is 9.92. The maximum absolute atomic E-state index is 12.4. The zero-order valence-electron chi connectivity index (χ0n) is 11.6. The van der Waals surface area contributed by atoms with Crippen LogP contribution in [-0.4, -0.2) is 37.7 Å². The Balaban J connectivity index is 2.19. The van der Waals surface area contributed by atoms with Crippen LogP contribution in [0.5, 0.6) is 5.75 Å². The quantitative estimate of drug-likeness (QED) is 0.814. The van der Waals surface area contributed by atoms with Gasteiger partial charge >= 0.3 is 0 Å². The average Bonchev–Trinajstić information content (AvgIpc) is 2.35. The van der Waals surface area contributed by atoms with Crippen molar-refractivity contribution in [2.75, 3.05) is 20.3 Å². The number of methoxy groups -OCH3 is 1. The van der Waals surface area contributed by atoms with Crippen molar-refractivity contribution in [2.45, 2.75) is 18.9 Å². The van der Waals surface area contributed by atoms with Gasteiger partial charge in [0.1, 0.15) is 5.75 Å². The molecule has 20 heavy (non-hydrogen) atoms. The summed E-state index contributed by atoms with van der Waals surface area (Å²) in [7, 11) is 1.51. The molecule has 1 aromatic carbocycles. The molecule has 0 spiro atoms. The zero-order chi connectivity index (χ0) is 14.8. The number of benzene rings is 1. The van der Waals surface area contributed by atoms with Gasteiger partial charge < -0.3 is 20.5 Å². The smallest absolute Gasteiger partial charge is 0.255 e. The molecular formula is C14H18N2O4. The molecule has 2 rings (SSSR count). The molecule has 0 saturated carbocycles. The average molecular weight is 278 g/mol. The van der Waals surface area contributed by atoms with E-state index >= 15 is 0 Å². The number of primary amides is 1. The van der Waals surface area contributed by atoms with Crippen molar-refractivity contribution in [1.82, 2.24) is 5.32 Å². The van der Waals surface area contributed by atoms with Crippen LogP contribution in [0.2, 0.25) is 0 Å². The molecule has 0 aromatic heterocycles. The van der Waals surface area contributed by atoms with E-state index in [2.05, 4.69) is 5.32 Å². The normalized spacial score (nSPS) is 16.1. The first-order valence-corrected chi connectivity index (χ1v) is 6.29. The zero-order valence-corrected chi connectivity index (χ0v) is 11.6. The predicted octanol–water partition coefficient (Wildman–Crippen LogP) is 0.378. The Hall–Kier alpha value is -2.08. The van der Waals surface area contributed by atoms with Crippen LogP contribution >= 0.6 is 0 Å². The summed E-state index contributed by atoms with van der Waals surface area (Å²) in [5, 5.41) is 2.83. The molecule has 0 unspecified atom stereocenters. The summed E-state index contributed by atoms with van der Waals surface area (Å²) >= 11 is 0. The van der Waals surface area contributed by atoms with Crippen molar-refractivity contribution in [2.24, 2.45) is 5.73 Å². The van der Waals surface area contributed by atoms with Gasteiger partial charge in [-0.3, -0.25) is 9.59 Å². The number of carbonyl (C=O) groups excluding carboxylic acids is 2. The van der Waals surface area contributed by atoms with E-state index in [1.165, 1.54) is 7.11 Å². The van der Waals surface area contributed by atoms with Gasteiger partial charge in [0.2, 0.25) is 5.91 Å². The summed E-state index contributed by atoms with van der Waals surface area (Å²) in [5.74, 6) is -0.275. The molecule has 1 aliphatic rings. The summed E-state index contributed by atoms with van der Waals surface area (Å²) in [6, 6.07) is 5.34. The van der Waals surface area contributed by atoms with Crippen LogP contribution < -0.4 is 15.8 Å². The van der Waals surface area contributed by atoms with Crippen molar-refractivity contribution in [3.8, 4) is 5.75 Å². The highest BCUT2D eigenvalue weighted by atomic mass is 16.5. The Bertz CT molecular complexity index is 538. The summed E-state index contributed by atoms with van der Waals surface area (Å²) in [5.41, 5.74) is 5.90. The van der Waals surface area contributed by atoms with Crippen LogP contribution in [0.15, 0.2) is 18.2 Å². The van der Waals surface area contributed by atoms with E-state index < -0.39 is 11.4 Å². The molecule has 6 heteroatoms. The molecule has 0 aliphatic carbocycles. The summed E-state index contributed by atoms with van der Waals surface area (Å²) in [4.78, 5) is 23.5. The van der Waals surface area contributed by atoms with Gasteiger partial charge in [-0.05, 0) is 19.1 Å². The van der Waals surface area contributed by atoms with Crippen LogP contribution in [0.3, 0.4) is 0 Å². The second-order valence-electron chi connectivity index (χ2n) is 5.07. The lowest BCUT2D eigenvalue weighted by molar-refractivity contribution is -0.127. The van der Waals surface area contributed by atoms with Crippen LogP contribution in [0.25, 0.3) is 0 Å². The Morgan fingerprint density at radius 1 is 1.45 bits per heavy atom. The third kappa shape index (κ3) is 2.91. The third-order valence-corrected chi connectivity index (χ3v) is 3.25. The minimum absolute atomic E-state index is 0.0624. The number of hydrogen-bond acceptors (Lipinski definition) is 4. The van der Waals surface area contributed by atoms with Gasteiger partial charge in [0.05, 0.1) is 37.8 Å². The van der Waals surface area contributed by atoms with Crippen LogP contribution in [0.4, 0.5) is 0 Å². The number of hydrogen-bond donors (Lipinski definition) is 2. The standard InChI is InChI=1S/C14H18N2O4/c1-9-3-4-11(19-2)10(5-9)13(18)16-14(6-12(15)17)7-20-8-14/h3-5H,6-8H2,1-2H3,(H2,15,17)(H,16,18). The lowest BCUT2D eigenvalue weighted by Gasteiger charge is -2.41. The maximum Gasteiger partial charge on any atom is 0.255 e. The molecule has 1 aromatic rings. The number of rotatable bonds is 5. The Labute approximate surface area is 117 Å². The fourth-order valence-corrected chi connectivity index (χ4v) is 2.21. The Morgan fingerprint density at radius 2 is 2.15 bits per heavy atom. The van der Waals surface area contributed by atoms with Crippen LogP contribution in [0.1, 0.15) is 22.3 Å². The first-order valence-electron chi connectivity index (χ1n) is 6.29. The van der Waals surface area contributed by atoms with Crippen molar-refractivity contribution >= 4 is 11.8 Å². The molecule has 1 fully saturated rings. The SMILES string of the molecule is COc1ccc(C)cc1C(=O)NC1(CC(N)=O)COC1. The van der Waals surface area contributed by atoms with Gasteiger partial charge in [-0.2, -0.15) is 0 Å². The lowest BCUT2D eigenvalue weighted by Crippen LogP contribution is -2.63. The number of ether oxygens (including phenoxy) is 2. The molecule has 0 atom stereocenters. The van der Waals surface area contributed by atoms with Crippen molar-refractivity contribution in [3.63, 3.8) is 0 Å². The third-order valence-electron chi connectivity index (χ3n) is 3.25. The summed E-state index contributed by atoms with van der Waals surface area (Å²) < 4.78 is 10.3. The minimum atomic E-state index is -0.697. The highest BCUT2D eigenvalue weighted by Gasteiger charge is 2.41. The molecule has 2 amide bonds. The first kappa shape index (κ1) is 14.3. The number of amides is 2. The largest absolute Gasteiger partial charge is 0.496 e. The molecule has 0 radical (unpaired) electrons. The van der Waals surface area contributed by atoms with Crippen LogP contribution in [-0.2, 0) is 9.53 Å². The van der Waals surface area contributed by atoms with Gasteiger partial charge in [-0.15, -0.1) is 0 Å². The van der Waals surface area contributed by atoms with Gasteiger partial charge in [-0.25, -0.2) is 0 Å². The van der Waals surface area contributed by atoms with Gasteiger partial charge in [0.15, 0.2) is 0 Å². The summed E-state index contributed by atoms with van der Waals surface area (Å²) in [6.07, 6.45) is 0.0624. The second kappa shape index (κ2) is 5.50. The van der Waals surface area contributed by atoms with Crippen LogP contribution in [0, 0.1) is 6.92 Å². The topological polar surface area (TPSA) is 90.6 Å². The minimum Gasteiger partial charge on any atom is -0.496 e. The van der Waals surface area contributed by atoms with E-state index in [4.69, 9.17) is 15.2 Å². The second-order valence-corrected chi connectivity index (χ2v) is 5.07. The van der Waals surface area contributed by atoms with Crippen molar-refractivity contribution in [1.29, 1.82) is 0 Å². The molecule has 108 valence electrons.